The Kier molecular flexibility index (Phi) is 2.18. The summed E-state index contributed by atoms with van der Waals surface area (Å²) in [4.78, 5) is 0. The number of aryl methyl sites for hydroxylation is 2. The van der Waals surface area contributed by atoms with Crippen molar-refractivity contribution in [1.29, 1.82) is 0 Å². The molecule has 1 aromatic heterocycles. The number of rotatable bonds is 1. The molecular weight excluding hydrogens is 176 g/mol. The van der Waals surface area contributed by atoms with Crippen molar-refractivity contribution >= 4 is 0 Å². The predicted molar refractivity (Wildman–Crippen MR) is 52.5 cm³/mol. The second-order valence-electron chi connectivity index (χ2n) is 3.21. The van der Waals surface area contributed by atoms with Gasteiger partial charge < -0.3 is 0 Å². The summed E-state index contributed by atoms with van der Waals surface area (Å²) in [6.07, 6.45) is 1.61. The lowest BCUT2D eigenvalue weighted by molar-refractivity contribution is 0.766. The van der Waals surface area contributed by atoms with Gasteiger partial charge in [0.15, 0.2) is 0 Å². The van der Waals surface area contributed by atoms with Gasteiger partial charge in [0.25, 0.3) is 0 Å². The van der Waals surface area contributed by atoms with Crippen LogP contribution in [0.5, 0.6) is 0 Å². The van der Waals surface area contributed by atoms with E-state index in [0.29, 0.717) is 0 Å². The van der Waals surface area contributed by atoms with Crippen LogP contribution in [0.2, 0.25) is 0 Å². The van der Waals surface area contributed by atoms with E-state index < -0.39 is 0 Å². The van der Waals surface area contributed by atoms with Gasteiger partial charge in [-0.15, -0.1) is 10.2 Å². The molecule has 0 aliphatic rings. The molecule has 0 aliphatic heterocycles. The maximum atomic E-state index is 3.90. The van der Waals surface area contributed by atoms with Gasteiger partial charge in [-0.25, -0.2) is 0 Å². The van der Waals surface area contributed by atoms with Gasteiger partial charge in [-0.1, -0.05) is 12.1 Å². The molecule has 0 aliphatic carbocycles. The molecule has 0 atom stereocenters. The molecule has 2 rings (SSSR count). The summed E-state index contributed by atoms with van der Waals surface area (Å²) in [5, 5.41) is 14.5. The third-order valence-electron chi connectivity index (χ3n) is 2.23. The van der Waals surface area contributed by atoms with Crippen LogP contribution in [0.4, 0.5) is 0 Å². The highest BCUT2D eigenvalue weighted by atomic mass is 15.4. The van der Waals surface area contributed by atoms with Crippen molar-refractivity contribution in [1.82, 2.24) is 20.6 Å². The van der Waals surface area contributed by atoms with Crippen molar-refractivity contribution in [3.05, 3.63) is 35.5 Å². The number of aromatic nitrogens is 4. The zero-order valence-corrected chi connectivity index (χ0v) is 8.10. The Morgan fingerprint density at radius 2 is 1.86 bits per heavy atom. The molecule has 70 valence electrons. The van der Waals surface area contributed by atoms with Crippen LogP contribution in [-0.2, 0) is 0 Å². The molecule has 0 radical (unpaired) electrons. The topological polar surface area (TPSA) is 51.6 Å². The van der Waals surface area contributed by atoms with E-state index in [-0.39, 0.29) is 0 Å². The molecule has 0 N–H and O–H groups in total. The second kappa shape index (κ2) is 3.49. The Balaban J connectivity index is 2.48. The zero-order chi connectivity index (χ0) is 9.97. The molecule has 2 aromatic rings. The van der Waals surface area contributed by atoms with E-state index in [2.05, 4.69) is 46.6 Å². The fourth-order valence-corrected chi connectivity index (χ4v) is 1.23. The smallest absolute Gasteiger partial charge is 0.115 e. The quantitative estimate of drug-likeness (QED) is 0.678. The first-order valence-corrected chi connectivity index (χ1v) is 4.36. The molecule has 4 nitrogen and oxygen atoms in total. The van der Waals surface area contributed by atoms with E-state index in [1.165, 1.54) is 11.1 Å². The molecular formula is C10H10N4. The van der Waals surface area contributed by atoms with Gasteiger partial charge in [0.2, 0.25) is 0 Å². The lowest BCUT2D eigenvalue weighted by Crippen LogP contribution is -1.93. The van der Waals surface area contributed by atoms with Gasteiger partial charge in [0.1, 0.15) is 5.69 Å². The second-order valence-corrected chi connectivity index (χ2v) is 3.21. The third kappa shape index (κ3) is 1.59. The van der Waals surface area contributed by atoms with E-state index in [0.717, 1.165) is 11.3 Å². The number of nitrogens with zero attached hydrogens (tertiary/aromatic N) is 4. The molecule has 4 heteroatoms. The maximum absolute atomic E-state index is 3.90. The maximum Gasteiger partial charge on any atom is 0.115 e. The Morgan fingerprint density at radius 1 is 1.00 bits per heavy atom. The van der Waals surface area contributed by atoms with E-state index in [4.69, 9.17) is 0 Å². The van der Waals surface area contributed by atoms with Gasteiger partial charge in [-0.2, -0.15) is 0 Å². The zero-order valence-electron chi connectivity index (χ0n) is 8.10. The minimum Gasteiger partial charge on any atom is -0.135 e. The lowest BCUT2D eigenvalue weighted by atomic mass is 10.1. The van der Waals surface area contributed by atoms with Crippen molar-refractivity contribution < 1.29 is 0 Å². The Morgan fingerprint density at radius 3 is 2.50 bits per heavy atom. The van der Waals surface area contributed by atoms with Crippen molar-refractivity contribution in [2.75, 3.05) is 0 Å². The summed E-state index contributed by atoms with van der Waals surface area (Å²) >= 11 is 0. The standard InChI is InChI=1S/C10H10N4/c1-7-3-4-9(5-8(7)2)10-6-11-13-14-12-10/h3-6H,1-2H3. The summed E-state index contributed by atoms with van der Waals surface area (Å²) in [5.74, 6) is 0. The number of hydrogen-bond donors (Lipinski definition) is 0. The Hall–Kier alpha value is -1.84. The highest BCUT2D eigenvalue weighted by Crippen LogP contribution is 2.18. The van der Waals surface area contributed by atoms with Gasteiger partial charge in [-0.3, -0.25) is 0 Å². The first kappa shape index (κ1) is 8.74. The van der Waals surface area contributed by atoms with Crippen LogP contribution in [0, 0.1) is 13.8 Å². The van der Waals surface area contributed by atoms with Crippen LogP contribution in [0.1, 0.15) is 11.1 Å². The van der Waals surface area contributed by atoms with Crippen LogP contribution < -0.4 is 0 Å². The third-order valence-corrected chi connectivity index (χ3v) is 2.23. The Labute approximate surface area is 82.0 Å². The van der Waals surface area contributed by atoms with Crippen LogP contribution in [-0.4, -0.2) is 20.6 Å². The van der Waals surface area contributed by atoms with E-state index in [1.807, 2.05) is 6.07 Å². The highest BCUT2D eigenvalue weighted by Gasteiger charge is 2.01. The molecule has 0 fully saturated rings. The summed E-state index contributed by atoms with van der Waals surface area (Å²) in [6, 6.07) is 6.14. The van der Waals surface area contributed by atoms with Crippen molar-refractivity contribution in [2.45, 2.75) is 13.8 Å². The van der Waals surface area contributed by atoms with Crippen LogP contribution in [0.3, 0.4) is 0 Å². The summed E-state index contributed by atoms with van der Waals surface area (Å²) in [6.45, 7) is 4.15. The van der Waals surface area contributed by atoms with Gasteiger partial charge >= 0.3 is 0 Å². The molecule has 0 saturated heterocycles. The van der Waals surface area contributed by atoms with Crippen LogP contribution in [0.25, 0.3) is 11.3 Å². The lowest BCUT2D eigenvalue weighted by Gasteiger charge is -2.02. The van der Waals surface area contributed by atoms with E-state index in [1.54, 1.807) is 6.20 Å². The minimum absolute atomic E-state index is 0.753. The largest absolute Gasteiger partial charge is 0.135 e. The van der Waals surface area contributed by atoms with Gasteiger partial charge in [-0.05, 0) is 41.5 Å². The Bertz CT molecular complexity index is 439. The monoisotopic (exact) mass is 186 g/mol. The number of benzene rings is 1. The van der Waals surface area contributed by atoms with Crippen molar-refractivity contribution in [3.63, 3.8) is 0 Å². The number of hydrogen-bond acceptors (Lipinski definition) is 4. The molecule has 0 bridgehead atoms. The van der Waals surface area contributed by atoms with E-state index in [9.17, 15) is 0 Å². The van der Waals surface area contributed by atoms with Crippen LogP contribution >= 0.6 is 0 Å². The molecule has 0 amide bonds. The summed E-state index contributed by atoms with van der Waals surface area (Å²) < 4.78 is 0. The van der Waals surface area contributed by atoms with Gasteiger partial charge in [0.05, 0.1) is 6.20 Å². The van der Waals surface area contributed by atoms with Crippen molar-refractivity contribution in [2.24, 2.45) is 0 Å². The van der Waals surface area contributed by atoms with E-state index >= 15 is 0 Å². The SMILES string of the molecule is Cc1ccc(-c2cnnnn2)cc1C. The molecule has 1 aromatic carbocycles. The molecule has 1 heterocycles. The summed E-state index contributed by atoms with van der Waals surface area (Å²) in [7, 11) is 0. The normalized spacial score (nSPS) is 10.1. The minimum atomic E-state index is 0.753. The van der Waals surface area contributed by atoms with Gasteiger partial charge in [0, 0.05) is 5.56 Å². The van der Waals surface area contributed by atoms with Crippen LogP contribution in [0.15, 0.2) is 24.4 Å². The fraction of sp³-hybridized carbons (Fsp3) is 0.200. The predicted octanol–water partition coefficient (Wildman–Crippen LogP) is 1.55. The molecule has 0 unspecified atom stereocenters. The molecule has 14 heavy (non-hydrogen) atoms. The van der Waals surface area contributed by atoms with Crippen molar-refractivity contribution in [3.8, 4) is 11.3 Å². The first-order valence-electron chi connectivity index (χ1n) is 4.36. The average molecular weight is 186 g/mol. The average Bonchev–Trinajstić information content (AvgIpc) is 2.23. The first-order chi connectivity index (χ1) is 6.77. The highest BCUT2D eigenvalue weighted by molar-refractivity contribution is 5.59. The summed E-state index contributed by atoms with van der Waals surface area (Å²) in [5.41, 5.74) is 4.28. The molecule has 0 spiro atoms. The molecule has 0 saturated carbocycles. The fourth-order valence-electron chi connectivity index (χ4n) is 1.23.